The lowest BCUT2D eigenvalue weighted by Gasteiger charge is -2.23. The summed E-state index contributed by atoms with van der Waals surface area (Å²) in [6.45, 7) is 0. The van der Waals surface area contributed by atoms with Crippen molar-refractivity contribution in [3.8, 4) is 6.07 Å². The molecule has 17 heavy (non-hydrogen) atoms. The van der Waals surface area contributed by atoms with Gasteiger partial charge < -0.3 is 11.1 Å². The van der Waals surface area contributed by atoms with Gasteiger partial charge >= 0.3 is 0 Å². The second kappa shape index (κ2) is 5.15. The van der Waals surface area contributed by atoms with Crippen molar-refractivity contribution < 1.29 is 4.21 Å². The Balaban J connectivity index is 2.04. The van der Waals surface area contributed by atoms with Crippen molar-refractivity contribution in [2.24, 2.45) is 0 Å². The molecule has 0 aliphatic carbocycles. The first kappa shape index (κ1) is 11.9. The lowest BCUT2D eigenvalue weighted by Crippen LogP contribution is -2.29. The maximum Gasteiger partial charge on any atom is 0.165 e. The number of anilines is 2. The van der Waals surface area contributed by atoms with Gasteiger partial charge in [0.15, 0.2) is 5.69 Å². The van der Waals surface area contributed by atoms with Gasteiger partial charge in [-0.1, -0.05) is 0 Å². The second-order valence-corrected chi connectivity index (χ2v) is 5.71. The van der Waals surface area contributed by atoms with Crippen LogP contribution >= 0.6 is 0 Å². The van der Waals surface area contributed by atoms with Crippen LogP contribution in [0.15, 0.2) is 12.1 Å². The van der Waals surface area contributed by atoms with E-state index in [-0.39, 0.29) is 11.7 Å². The standard InChI is InChI=1S/C11H14N4OS/c12-7-10-9(13)1-2-11(15-10)14-8-3-5-17(16)6-4-8/h1-2,8H,3-6,13H2,(H,14,15). The summed E-state index contributed by atoms with van der Waals surface area (Å²) in [5, 5.41) is 12.1. The van der Waals surface area contributed by atoms with Gasteiger partial charge in [-0.15, -0.1) is 0 Å². The largest absolute Gasteiger partial charge is 0.396 e. The molecule has 0 unspecified atom stereocenters. The van der Waals surface area contributed by atoms with E-state index < -0.39 is 10.8 Å². The number of rotatable bonds is 2. The van der Waals surface area contributed by atoms with Crippen molar-refractivity contribution >= 4 is 22.3 Å². The lowest BCUT2D eigenvalue weighted by molar-refractivity contribution is 0.622. The maximum absolute atomic E-state index is 11.2. The first-order valence-electron chi connectivity index (χ1n) is 5.47. The molecule has 5 nitrogen and oxygen atoms in total. The zero-order valence-electron chi connectivity index (χ0n) is 9.35. The fourth-order valence-corrected chi connectivity index (χ4v) is 3.09. The Morgan fingerprint density at radius 2 is 2.18 bits per heavy atom. The molecule has 1 aliphatic heterocycles. The molecule has 0 atom stereocenters. The molecular weight excluding hydrogens is 236 g/mol. The van der Waals surface area contributed by atoms with Crippen LogP contribution in [0.1, 0.15) is 18.5 Å². The number of nitriles is 1. The molecule has 0 amide bonds. The molecule has 6 heteroatoms. The minimum atomic E-state index is -0.661. The van der Waals surface area contributed by atoms with Crippen LogP contribution in [0.5, 0.6) is 0 Å². The summed E-state index contributed by atoms with van der Waals surface area (Å²) in [5.74, 6) is 2.13. The smallest absolute Gasteiger partial charge is 0.165 e. The van der Waals surface area contributed by atoms with Crippen molar-refractivity contribution in [1.82, 2.24) is 4.98 Å². The summed E-state index contributed by atoms with van der Waals surface area (Å²) in [7, 11) is -0.661. The minimum absolute atomic E-state index is 0.245. The molecule has 0 bridgehead atoms. The van der Waals surface area contributed by atoms with E-state index in [9.17, 15) is 4.21 Å². The first-order valence-corrected chi connectivity index (χ1v) is 6.96. The fraction of sp³-hybridized carbons (Fsp3) is 0.455. The maximum atomic E-state index is 11.2. The molecule has 0 aromatic carbocycles. The third-order valence-electron chi connectivity index (χ3n) is 2.77. The zero-order valence-corrected chi connectivity index (χ0v) is 10.2. The number of nitrogens with two attached hydrogens (primary N) is 1. The summed E-state index contributed by atoms with van der Waals surface area (Å²) in [6.07, 6.45) is 1.75. The Morgan fingerprint density at radius 1 is 1.47 bits per heavy atom. The normalized spacial score (nSPS) is 23.9. The number of nitrogens with one attached hydrogen (secondary N) is 1. The Kier molecular flexibility index (Phi) is 3.59. The SMILES string of the molecule is N#Cc1nc(NC2CCS(=O)CC2)ccc1N. The molecule has 1 saturated heterocycles. The van der Waals surface area contributed by atoms with Gasteiger partial charge in [0, 0.05) is 28.3 Å². The highest BCUT2D eigenvalue weighted by molar-refractivity contribution is 7.85. The van der Waals surface area contributed by atoms with Gasteiger partial charge in [0.25, 0.3) is 0 Å². The van der Waals surface area contributed by atoms with Crippen LogP contribution in [0.25, 0.3) is 0 Å². The molecule has 0 saturated carbocycles. The molecule has 90 valence electrons. The molecule has 1 aromatic rings. The molecule has 1 fully saturated rings. The van der Waals surface area contributed by atoms with Crippen LogP contribution in [0.4, 0.5) is 11.5 Å². The molecule has 0 radical (unpaired) electrons. The third kappa shape index (κ3) is 2.94. The number of pyridine rings is 1. The Bertz CT molecular complexity index is 473. The summed E-state index contributed by atoms with van der Waals surface area (Å²) in [6, 6.07) is 5.68. The Labute approximate surface area is 102 Å². The molecular formula is C11H14N4OS. The molecule has 3 N–H and O–H groups in total. The van der Waals surface area contributed by atoms with Gasteiger partial charge in [-0.3, -0.25) is 4.21 Å². The van der Waals surface area contributed by atoms with Crippen molar-refractivity contribution in [1.29, 1.82) is 5.26 Å². The van der Waals surface area contributed by atoms with Crippen molar-refractivity contribution in [2.75, 3.05) is 22.6 Å². The summed E-state index contributed by atoms with van der Waals surface area (Å²) < 4.78 is 11.2. The van der Waals surface area contributed by atoms with Gasteiger partial charge in [-0.05, 0) is 25.0 Å². The van der Waals surface area contributed by atoms with Gasteiger partial charge in [0.2, 0.25) is 0 Å². The minimum Gasteiger partial charge on any atom is -0.396 e. The molecule has 1 aromatic heterocycles. The van der Waals surface area contributed by atoms with Crippen LogP contribution < -0.4 is 11.1 Å². The number of nitrogens with zero attached hydrogens (tertiary/aromatic N) is 2. The van der Waals surface area contributed by atoms with Gasteiger partial charge in [0.05, 0.1) is 5.69 Å². The van der Waals surface area contributed by atoms with Crippen LogP contribution in [-0.4, -0.2) is 26.7 Å². The summed E-state index contributed by atoms with van der Waals surface area (Å²) >= 11 is 0. The molecule has 0 spiro atoms. The predicted molar refractivity (Wildman–Crippen MR) is 67.9 cm³/mol. The van der Waals surface area contributed by atoms with Crippen LogP contribution in [0, 0.1) is 11.3 Å². The highest BCUT2D eigenvalue weighted by Gasteiger charge is 2.18. The Morgan fingerprint density at radius 3 is 2.82 bits per heavy atom. The number of hydrogen-bond acceptors (Lipinski definition) is 5. The highest BCUT2D eigenvalue weighted by atomic mass is 32.2. The second-order valence-electron chi connectivity index (χ2n) is 4.01. The van der Waals surface area contributed by atoms with Crippen LogP contribution in [0.3, 0.4) is 0 Å². The third-order valence-corrected chi connectivity index (χ3v) is 4.15. The van der Waals surface area contributed by atoms with Crippen molar-refractivity contribution in [3.05, 3.63) is 17.8 Å². The zero-order chi connectivity index (χ0) is 12.3. The van der Waals surface area contributed by atoms with E-state index in [2.05, 4.69) is 10.3 Å². The van der Waals surface area contributed by atoms with Gasteiger partial charge in [0.1, 0.15) is 11.9 Å². The van der Waals surface area contributed by atoms with Gasteiger partial charge in [-0.2, -0.15) is 5.26 Å². The fourth-order valence-electron chi connectivity index (χ4n) is 1.79. The lowest BCUT2D eigenvalue weighted by atomic mass is 10.1. The predicted octanol–water partition coefficient (Wildman–Crippen LogP) is 0.858. The monoisotopic (exact) mass is 250 g/mol. The summed E-state index contributed by atoms with van der Waals surface area (Å²) in [4.78, 5) is 4.13. The van der Waals surface area contributed by atoms with E-state index in [4.69, 9.17) is 11.0 Å². The van der Waals surface area contributed by atoms with E-state index in [0.717, 1.165) is 24.3 Å². The Hall–Kier alpha value is -1.61. The number of hydrogen-bond donors (Lipinski definition) is 2. The van der Waals surface area contributed by atoms with E-state index in [1.54, 1.807) is 12.1 Å². The number of aromatic nitrogens is 1. The van der Waals surface area contributed by atoms with E-state index in [1.807, 2.05) is 6.07 Å². The van der Waals surface area contributed by atoms with E-state index in [0.29, 0.717) is 11.5 Å². The molecule has 2 rings (SSSR count). The molecule has 2 heterocycles. The summed E-state index contributed by atoms with van der Waals surface area (Å²) in [5.41, 5.74) is 6.23. The van der Waals surface area contributed by atoms with Crippen molar-refractivity contribution in [2.45, 2.75) is 18.9 Å². The van der Waals surface area contributed by atoms with Crippen molar-refractivity contribution in [3.63, 3.8) is 0 Å². The van der Waals surface area contributed by atoms with Crippen LogP contribution in [0.2, 0.25) is 0 Å². The van der Waals surface area contributed by atoms with E-state index in [1.165, 1.54) is 0 Å². The topological polar surface area (TPSA) is 91.8 Å². The highest BCUT2D eigenvalue weighted by Crippen LogP contribution is 2.17. The molecule has 1 aliphatic rings. The average molecular weight is 250 g/mol. The average Bonchev–Trinajstić information content (AvgIpc) is 2.34. The van der Waals surface area contributed by atoms with E-state index >= 15 is 0 Å². The van der Waals surface area contributed by atoms with Crippen LogP contribution in [-0.2, 0) is 10.8 Å². The quantitative estimate of drug-likeness (QED) is 0.812. The van der Waals surface area contributed by atoms with Gasteiger partial charge in [-0.25, -0.2) is 4.98 Å². The number of nitrogen functional groups attached to an aromatic ring is 1. The first-order chi connectivity index (χ1) is 8.19.